The minimum absolute atomic E-state index is 0.144. The molecule has 1 nitrogen and oxygen atoms in total. The van der Waals surface area contributed by atoms with Gasteiger partial charge >= 0.3 is 0 Å². The number of anilines is 1. The molecule has 3 aliphatic rings. The first kappa shape index (κ1) is 27.0. The zero-order valence-electron chi connectivity index (χ0n) is 24.3. The zero-order valence-corrected chi connectivity index (χ0v) is 24.3. The van der Waals surface area contributed by atoms with Gasteiger partial charge in [0.15, 0.2) is 0 Å². The molecule has 5 atom stereocenters. The van der Waals surface area contributed by atoms with Gasteiger partial charge in [0, 0.05) is 18.7 Å². The monoisotopic (exact) mass is 485 g/mol. The molecule has 196 valence electrons. The molecule has 1 spiro atoms. The minimum atomic E-state index is 0.144. The maximum Gasteiger partial charge on any atom is 0.0658 e. The lowest BCUT2D eigenvalue weighted by atomic mass is 9.66. The first-order valence-corrected chi connectivity index (χ1v) is 14.7. The van der Waals surface area contributed by atoms with Crippen molar-refractivity contribution in [2.24, 2.45) is 23.7 Å². The van der Waals surface area contributed by atoms with Crippen LogP contribution in [0.5, 0.6) is 0 Å². The molecule has 1 heterocycles. The molecule has 1 heteroatoms. The Morgan fingerprint density at radius 1 is 1.19 bits per heavy atom. The van der Waals surface area contributed by atoms with Crippen molar-refractivity contribution < 1.29 is 0 Å². The van der Waals surface area contributed by atoms with E-state index in [2.05, 4.69) is 96.4 Å². The molecular formula is C35H51N. The second kappa shape index (κ2) is 11.2. The fourth-order valence-electron chi connectivity index (χ4n) is 7.06. The smallest absolute Gasteiger partial charge is 0.0658 e. The number of allylic oxidation sites excluding steroid dienone is 6. The molecule has 0 saturated heterocycles. The van der Waals surface area contributed by atoms with Crippen molar-refractivity contribution in [2.45, 2.75) is 105 Å². The molecule has 0 aromatic heterocycles. The van der Waals surface area contributed by atoms with Crippen LogP contribution in [0.15, 0.2) is 59.7 Å². The van der Waals surface area contributed by atoms with Crippen LogP contribution in [0.1, 0.15) is 105 Å². The number of nitrogens with zero attached hydrogens (tertiary/aromatic N) is 1. The van der Waals surface area contributed by atoms with Crippen LogP contribution in [-0.4, -0.2) is 12.1 Å². The van der Waals surface area contributed by atoms with Gasteiger partial charge in [-0.25, -0.2) is 0 Å². The Balaban J connectivity index is 1.65. The first-order valence-electron chi connectivity index (χ1n) is 14.7. The summed E-state index contributed by atoms with van der Waals surface area (Å²) in [4.78, 5) is 2.88. The highest BCUT2D eigenvalue weighted by atomic mass is 15.2. The molecule has 2 aliphatic carbocycles. The number of rotatable bonds is 9. The van der Waals surface area contributed by atoms with E-state index in [1.807, 2.05) is 0 Å². The SMILES string of the molecule is C=C(C)c1ccc2c(c1)N(CC1CCC1C(C)/C=C/CC(C)CC)C1(CCCC(C=C(C)C)=C1C)C2. The maximum atomic E-state index is 4.27. The van der Waals surface area contributed by atoms with E-state index in [-0.39, 0.29) is 5.54 Å². The van der Waals surface area contributed by atoms with Gasteiger partial charge in [-0.05, 0) is 118 Å². The summed E-state index contributed by atoms with van der Waals surface area (Å²) in [5, 5.41) is 0. The van der Waals surface area contributed by atoms with E-state index in [9.17, 15) is 0 Å². The molecule has 1 fully saturated rings. The van der Waals surface area contributed by atoms with Crippen molar-refractivity contribution in [1.82, 2.24) is 0 Å². The van der Waals surface area contributed by atoms with Crippen LogP contribution in [0.25, 0.3) is 5.57 Å². The largest absolute Gasteiger partial charge is 0.361 e. The van der Waals surface area contributed by atoms with Gasteiger partial charge in [0.05, 0.1) is 5.54 Å². The van der Waals surface area contributed by atoms with Crippen LogP contribution >= 0.6 is 0 Å². The summed E-state index contributed by atoms with van der Waals surface area (Å²) in [7, 11) is 0. The normalized spacial score (nSPS) is 27.2. The molecule has 36 heavy (non-hydrogen) atoms. The zero-order chi connectivity index (χ0) is 26.0. The highest BCUT2D eigenvalue weighted by molar-refractivity contribution is 5.73. The number of hydrogen-bond donors (Lipinski definition) is 0. The summed E-state index contributed by atoms with van der Waals surface area (Å²) >= 11 is 0. The standard InChI is InChI=1S/C35H51N/c1-9-26(6)12-10-13-27(7)33-18-17-32(33)23-36-34-21-29(25(4)5)15-16-31(34)22-35(36)19-11-14-30(28(35)8)20-24(2)3/h10,13,15-16,20-21,26-27,32-33H,4,9,11-12,14,17-19,22-23H2,1-3,5-8H3/b13-10+. The number of benzene rings is 1. The van der Waals surface area contributed by atoms with Crippen LogP contribution in [0.3, 0.4) is 0 Å². The minimum Gasteiger partial charge on any atom is -0.361 e. The Kier molecular flexibility index (Phi) is 8.38. The fraction of sp³-hybridized carbons (Fsp3) is 0.600. The maximum absolute atomic E-state index is 4.27. The molecule has 5 unspecified atom stereocenters. The Morgan fingerprint density at radius 3 is 2.61 bits per heavy atom. The molecular weight excluding hydrogens is 434 g/mol. The molecule has 0 bridgehead atoms. The summed E-state index contributed by atoms with van der Waals surface area (Å²) in [5.41, 5.74) is 10.3. The third kappa shape index (κ3) is 5.32. The second-order valence-corrected chi connectivity index (χ2v) is 12.7. The number of fused-ring (bicyclic) bond motifs is 1. The Bertz CT molecular complexity index is 1050. The van der Waals surface area contributed by atoms with Gasteiger partial charge in [0.25, 0.3) is 0 Å². The van der Waals surface area contributed by atoms with E-state index in [4.69, 9.17) is 0 Å². The summed E-state index contributed by atoms with van der Waals surface area (Å²) in [6.07, 6.45) is 17.7. The van der Waals surface area contributed by atoms with E-state index in [0.29, 0.717) is 5.92 Å². The fourth-order valence-corrected chi connectivity index (χ4v) is 7.06. The Morgan fingerprint density at radius 2 is 1.97 bits per heavy atom. The Hall–Kier alpha value is -2.02. The molecule has 1 aromatic rings. The Labute approximate surface area is 222 Å². The van der Waals surface area contributed by atoms with Gasteiger partial charge < -0.3 is 4.90 Å². The lowest BCUT2D eigenvalue weighted by Crippen LogP contribution is -2.53. The highest BCUT2D eigenvalue weighted by Crippen LogP contribution is 2.52. The van der Waals surface area contributed by atoms with Gasteiger partial charge in [-0.15, -0.1) is 0 Å². The topological polar surface area (TPSA) is 3.24 Å². The summed E-state index contributed by atoms with van der Waals surface area (Å²) in [6.45, 7) is 21.7. The molecule has 1 aliphatic heterocycles. The lowest BCUT2D eigenvalue weighted by molar-refractivity contribution is 0.134. The van der Waals surface area contributed by atoms with Crippen molar-refractivity contribution >= 4 is 11.3 Å². The quantitative estimate of drug-likeness (QED) is 0.314. The van der Waals surface area contributed by atoms with Crippen molar-refractivity contribution in [3.8, 4) is 0 Å². The molecule has 0 N–H and O–H groups in total. The summed E-state index contributed by atoms with van der Waals surface area (Å²) in [5.74, 6) is 3.07. The first-order chi connectivity index (χ1) is 17.2. The summed E-state index contributed by atoms with van der Waals surface area (Å²) in [6, 6.07) is 7.16. The van der Waals surface area contributed by atoms with Gasteiger partial charge in [0.2, 0.25) is 0 Å². The van der Waals surface area contributed by atoms with Gasteiger partial charge in [-0.3, -0.25) is 0 Å². The average Bonchev–Trinajstić information content (AvgIpc) is 3.12. The van der Waals surface area contributed by atoms with Crippen LogP contribution in [0.2, 0.25) is 0 Å². The van der Waals surface area contributed by atoms with E-state index >= 15 is 0 Å². The van der Waals surface area contributed by atoms with Gasteiger partial charge in [0.1, 0.15) is 0 Å². The van der Waals surface area contributed by atoms with Gasteiger partial charge in [-0.2, -0.15) is 0 Å². The predicted molar refractivity (Wildman–Crippen MR) is 160 cm³/mol. The molecule has 1 saturated carbocycles. The van der Waals surface area contributed by atoms with E-state index < -0.39 is 0 Å². The van der Waals surface area contributed by atoms with Crippen molar-refractivity contribution in [1.29, 1.82) is 0 Å². The molecule has 4 rings (SSSR count). The third-order valence-corrected chi connectivity index (χ3v) is 9.79. The van der Waals surface area contributed by atoms with Crippen LogP contribution in [0, 0.1) is 23.7 Å². The highest BCUT2D eigenvalue weighted by Gasteiger charge is 2.49. The van der Waals surface area contributed by atoms with E-state index in [1.165, 1.54) is 79.5 Å². The third-order valence-electron chi connectivity index (χ3n) is 9.79. The number of hydrogen-bond acceptors (Lipinski definition) is 1. The molecule has 1 aromatic carbocycles. The average molecular weight is 486 g/mol. The van der Waals surface area contributed by atoms with Gasteiger partial charge in [-0.1, -0.05) is 75.3 Å². The molecule has 0 amide bonds. The second-order valence-electron chi connectivity index (χ2n) is 12.7. The van der Waals surface area contributed by atoms with E-state index in [0.717, 1.165) is 24.2 Å². The van der Waals surface area contributed by atoms with Crippen molar-refractivity contribution in [2.75, 3.05) is 11.4 Å². The summed E-state index contributed by atoms with van der Waals surface area (Å²) < 4.78 is 0. The lowest BCUT2D eigenvalue weighted by Gasteiger charge is -2.50. The van der Waals surface area contributed by atoms with Crippen LogP contribution in [0.4, 0.5) is 5.69 Å². The molecule has 0 radical (unpaired) electrons. The predicted octanol–water partition coefficient (Wildman–Crippen LogP) is 9.94. The van der Waals surface area contributed by atoms with Crippen LogP contribution < -0.4 is 4.90 Å². The van der Waals surface area contributed by atoms with Crippen LogP contribution in [-0.2, 0) is 6.42 Å². The van der Waals surface area contributed by atoms with Crippen molar-refractivity contribution in [3.63, 3.8) is 0 Å². The van der Waals surface area contributed by atoms with E-state index in [1.54, 1.807) is 11.1 Å². The van der Waals surface area contributed by atoms with Crippen molar-refractivity contribution in [3.05, 3.63) is 70.9 Å².